The molecule has 2 aliphatic heterocycles. The minimum atomic E-state index is -3.07. The molecule has 15 atom stereocenters. The summed E-state index contributed by atoms with van der Waals surface area (Å²) in [7, 11) is 0. The number of ether oxygens (including phenoxy) is 4. The monoisotopic (exact) mass is 633 g/mol. The molecule has 0 radical (unpaired) electrons. The molecule has 0 aromatic heterocycles. The topological polar surface area (TPSA) is 343 Å². The Morgan fingerprint density at radius 3 is 2.12 bits per heavy atom. The molecule has 2 fully saturated rings. The Morgan fingerprint density at radius 2 is 1.63 bits per heavy atom. The van der Waals surface area contributed by atoms with Crippen molar-refractivity contribution >= 4 is 18.2 Å². The fourth-order valence-electron chi connectivity index (χ4n) is 4.71. The Kier molecular flexibility index (Phi) is 13.7. The number of carboxylic acids is 1. The maximum Gasteiger partial charge on any atom is 0.364 e. The lowest BCUT2D eigenvalue weighted by molar-refractivity contribution is -0.377. The Hall–Kier alpha value is -1.99. The van der Waals surface area contributed by atoms with Crippen LogP contribution in [0.3, 0.4) is 0 Å². The van der Waals surface area contributed by atoms with E-state index in [1.54, 1.807) is 0 Å². The average molecular weight is 634 g/mol. The number of nitrogens with one attached hydrogen (secondary N) is 1. The predicted molar refractivity (Wildman–Crippen MR) is 131 cm³/mol. The molecule has 2 heterocycles. The van der Waals surface area contributed by atoms with Crippen molar-refractivity contribution in [2.45, 2.75) is 105 Å². The number of aliphatic hydroxyl groups excluding tert-OH is 11. The van der Waals surface area contributed by atoms with Crippen LogP contribution in [0, 0.1) is 0 Å². The van der Waals surface area contributed by atoms with Gasteiger partial charge < -0.3 is 90.3 Å². The standard InChI is InChI=1S/C23H39NO19/c1-7(29)24-13-8(30)2-23(22(38)39,42-19(13)15(35)10(32)4-26)43-20-16(36)12(6-28)40-21(17(20)37)41-18(11(33)5-27)14(34)9(31)3-25/h3,8-21,26-28,30-37H,2,4-6H2,1H3,(H,24,29)(H,38,39)/t8?,9?,10?,11?,12?,13?,14?,15?,16?,17?,18-,19-,20?,21?,23-/m0/s1. The van der Waals surface area contributed by atoms with Gasteiger partial charge in [-0.2, -0.15) is 0 Å². The van der Waals surface area contributed by atoms with Gasteiger partial charge in [-0.15, -0.1) is 0 Å². The molecule has 2 aliphatic rings. The van der Waals surface area contributed by atoms with Crippen LogP contribution in [0.1, 0.15) is 13.3 Å². The van der Waals surface area contributed by atoms with Crippen LogP contribution in [0.2, 0.25) is 0 Å². The molecular formula is C23H39NO19. The molecule has 0 saturated carbocycles. The van der Waals surface area contributed by atoms with Crippen LogP contribution < -0.4 is 5.32 Å². The van der Waals surface area contributed by atoms with E-state index in [1.807, 2.05) is 0 Å². The molecule has 13 N–H and O–H groups in total. The Morgan fingerprint density at radius 1 is 1.02 bits per heavy atom. The van der Waals surface area contributed by atoms with E-state index in [-0.39, 0.29) is 6.29 Å². The molecule has 20 heteroatoms. The SMILES string of the molecule is CC(=O)NC1C(O)C[C@](OC2C(O)C(CO)OC(O[C@@H](C(O)CO)C(O)C(O)C=O)C2O)(C(=O)O)O[C@@H]1C(O)C(O)CO. The normalized spacial score (nSPS) is 37.4. The van der Waals surface area contributed by atoms with E-state index in [0.717, 1.165) is 6.92 Å². The van der Waals surface area contributed by atoms with E-state index in [0.29, 0.717) is 0 Å². The number of carboxylic acid groups (broad SMARTS) is 1. The summed E-state index contributed by atoms with van der Waals surface area (Å²) in [4.78, 5) is 35.2. The van der Waals surface area contributed by atoms with Gasteiger partial charge in [0.1, 0.15) is 67.1 Å². The molecule has 20 nitrogen and oxygen atoms in total. The first-order chi connectivity index (χ1) is 20.1. The van der Waals surface area contributed by atoms with E-state index in [4.69, 9.17) is 18.9 Å². The van der Waals surface area contributed by atoms with Gasteiger partial charge in [0, 0.05) is 13.3 Å². The third-order valence-corrected chi connectivity index (χ3v) is 7.02. The molecule has 0 aromatic rings. The zero-order chi connectivity index (χ0) is 32.8. The molecule has 0 bridgehead atoms. The Labute approximate surface area is 243 Å². The lowest BCUT2D eigenvalue weighted by Gasteiger charge is -2.50. The quantitative estimate of drug-likeness (QED) is 0.0744. The minimum Gasteiger partial charge on any atom is -0.477 e. The van der Waals surface area contributed by atoms with Gasteiger partial charge in [0.05, 0.1) is 32.0 Å². The highest BCUT2D eigenvalue weighted by atomic mass is 16.8. The number of amides is 1. The third kappa shape index (κ3) is 8.39. The Bertz CT molecular complexity index is 927. The Balaban J connectivity index is 2.49. The number of hydrogen-bond donors (Lipinski definition) is 13. The highest BCUT2D eigenvalue weighted by molar-refractivity contribution is 5.76. The summed E-state index contributed by atoms with van der Waals surface area (Å²) in [5.41, 5.74) is 0. The van der Waals surface area contributed by atoms with Crippen molar-refractivity contribution < 1.29 is 94.6 Å². The maximum absolute atomic E-state index is 12.5. The zero-order valence-electron chi connectivity index (χ0n) is 22.7. The molecule has 0 spiro atoms. The average Bonchev–Trinajstić information content (AvgIpc) is 2.97. The van der Waals surface area contributed by atoms with Crippen molar-refractivity contribution in [2.75, 3.05) is 19.8 Å². The van der Waals surface area contributed by atoms with E-state index in [2.05, 4.69) is 5.32 Å². The maximum atomic E-state index is 12.5. The van der Waals surface area contributed by atoms with Crippen LogP contribution in [-0.4, -0.2) is 191 Å². The molecule has 0 aromatic carbocycles. The smallest absolute Gasteiger partial charge is 0.364 e. The number of aliphatic hydroxyl groups is 11. The van der Waals surface area contributed by atoms with Gasteiger partial charge in [-0.05, 0) is 0 Å². The van der Waals surface area contributed by atoms with Crippen molar-refractivity contribution in [3.63, 3.8) is 0 Å². The van der Waals surface area contributed by atoms with Crippen molar-refractivity contribution in [1.29, 1.82) is 0 Å². The molecular weight excluding hydrogens is 594 g/mol. The van der Waals surface area contributed by atoms with Crippen molar-refractivity contribution in [1.82, 2.24) is 5.32 Å². The first kappa shape index (κ1) is 37.2. The molecule has 12 unspecified atom stereocenters. The van der Waals surface area contributed by atoms with Gasteiger partial charge in [0.25, 0.3) is 5.79 Å². The number of rotatable bonds is 15. The van der Waals surface area contributed by atoms with E-state index in [9.17, 15) is 75.7 Å². The number of carbonyl (C=O) groups is 3. The third-order valence-electron chi connectivity index (χ3n) is 7.02. The lowest BCUT2D eigenvalue weighted by atomic mass is 9.88. The van der Waals surface area contributed by atoms with Crippen LogP contribution >= 0.6 is 0 Å². The fraction of sp³-hybridized carbons (Fsp3) is 0.870. The number of hydrogen-bond acceptors (Lipinski definition) is 18. The second-order valence-corrected chi connectivity index (χ2v) is 10.1. The molecule has 1 amide bonds. The molecule has 2 saturated heterocycles. The summed E-state index contributed by atoms with van der Waals surface area (Å²) < 4.78 is 21.5. The van der Waals surface area contributed by atoms with Crippen LogP contribution in [0.15, 0.2) is 0 Å². The molecule has 250 valence electrons. The van der Waals surface area contributed by atoms with Gasteiger partial charge in [-0.25, -0.2) is 4.79 Å². The minimum absolute atomic E-state index is 0.134. The van der Waals surface area contributed by atoms with Crippen LogP contribution in [-0.2, 0) is 33.3 Å². The largest absolute Gasteiger partial charge is 0.477 e. The fourth-order valence-corrected chi connectivity index (χ4v) is 4.71. The number of aliphatic carboxylic acids is 1. The van der Waals surface area contributed by atoms with Crippen molar-refractivity contribution in [2.24, 2.45) is 0 Å². The summed E-state index contributed by atoms with van der Waals surface area (Å²) in [6.07, 6.45) is -28.0. The van der Waals surface area contributed by atoms with E-state index < -0.39 is 129 Å². The van der Waals surface area contributed by atoms with Gasteiger partial charge in [0.2, 0.25) is 5.91 Å². The number of carbonyl (C=O) groups excluding carboxylic acids is 2. The molecule has 2 rings (SSSR count). The lowest BCUT2D eigenvalue weighted by Crippen LogP contribution is -2.70. The van der Waals surface area contributed by atoms with Crippen LogP contribution in [0.4, 0.5) is 0 Å². The molecule has 43 heavy (non-hydrogen) atoms. The summed E-state index contributed by atoms with van der Waals surface area (Å²) in [6, 6.07) is -1.57. The summed E-state index contributed by atoms with van der Waals surface area (Å²) >= 11 is 0. The highest BCUT2D eigenvalue weighted by Crippen LogP contribution is 2.37. The van der Waals surface area contributed by atoms with Crippen molar-refractivity contribution in [3.8, 4) is 0 Å². The summed E-state index contributed by atoms with van der Waals surface area (Å²) in [6.45, 7) is -2.18. The van der Waals surface area contributed by atoms with Gasteiger partial charge >= 0.3 is 5.97 Å². The second kappa shape index (κ2) is 15.8. The van der Waals surface area contributed by atoms with Gasteiger partial charge in [-0.3, -0.25) is 4.79 Å². The second-order valence-electron chi connectivity index (χ2n) is 10.1. The van der Waals surface area contributed by atoms with Crippen LogP contribution in [0.5, 0.6) is 0 Å². The van der Waals surface area contributed by atoms with Gasteiger partial charge in [0.15, 0.2) is 12.6 Å². The van der Waals surface area contributed by atoms with Gasteiger partial charge in [-0.1, -0.05) is 0 Å². The zero-order valence-corrected chi connectivity index (χ0v) is 22.7. The summed E-state index contributed by atoms with van der Waals surface area (Å²) in [5.74, 6) is -5.85. The predicted octanol–water partition coefficient (Wildman–Crippen LogP) is -8.38. The molecule has 0 aliphatic carbocycles. The van der Waals surface area contributed by atoms with E-state index >= 15 is 0 Å². The number of aldehydes is 1. The van der Waals surface area contributed by atoms with E-state index in [1.165, 1.54) is 0 Å². The summed E-state index contributed by atoms with van der Waals surface area (Å²) in [5, 5.41) is 124. The first-order valence-corrected chi connectivity index (χ1v) is 13.0. The van der Waals surface area contributed by atoms with Crippen molar-refractivity contribution in [3.05, 3.63) is 0 Å². The first-order valence-electron chi connectivity index (χ1n) is 13.0. The van der Waals surface area contributed by atoms with Crippen LogP contribution in [0.25, 0.3) is 0 Å². The highest BCUT2D eigenvalue weighted by Gasteiger charge is 2.59.